The number of hydrogen-bond donors (Lipinski definition) is 1. The Morgan fingerprint density at radius 3 is 2.45 bits per heavy atom. The summed E-state index contributed by atoms with van der Waals surface area (Å²) in [5.41, 5.74) is 0.439. The third kappa shape index (κ3) is 4.89. The Hall–Kier alpha value is -3.30. The van der Waals surface area contributed by atoms with Gasteiger partial charge in [0.1, 0.15) is 12.4 Å². The number of benzene rings is 2. The van der Waals surface area contributed by atoms with E-state index in [0.717, 1.165) is 10.1 Å². The summed E-state index contributed by atoms with van der Waals surface area (Å²) < 4.78 is 21.3. The number of carbonyl (C=O) groups excluding carboxylic acids is 1. The van der Waals surface area contributed by atoms with Gasteiger partial charge in [0.15, 0.2) is 0 Å². The molecular formula is C24H27FN4O4. The minimum absolute atomic E-state index is 0.156. The highest BCUT2D eigenvalue weighted by atomic mass is 19.1. The third-order valence-electron chi connectivity index (χ3n) is 5.98. The van der Waals surface area contributed by atoms with Gasteiger partial charge >= 0.3 is 5.69 Å². The molecule has 1 aliphatic heterocycles. The minimum atomic E-state index is -0.514. The van der Waals surface area contributed by atoms with Gasteiger partial charge in [-0.3, -0.25) is 23.6 Å². The highest BCUT2D eigenvalue weighted by Gasteiger charge is 2.24. The van der Waals surface area contributed by atoms with E-state index in [1.54, 1.807) is 43.3 Å². The van der Waals surface area contributed by atoms with Crippen molar-refractivity contribution in [2.24, 2.45) is 0 Å². The SMILES string of the molecule is CCn1c(=O)c2ccccc2n(CC(=O)NCC(c2ccc(F)cc2)N2CCOCC2)c1=O. The highest BCUT2D eigenvalue weighted by Crippen LogP contribution is 2.21. The van der Waals surface area contributed by atoms with E-state index in [1.807, 2.05) is 0 Å². The van der Waals surface area contributed by atoms with Gasteiger partial charge in [-0.05, 0) is 36.8 Å². The van der Waals surface area contributed by atoms with Crippen LogP contribution < -0.4 is 16.6 Å². The first-order valence-corrected chi connectivity index (χ1v) is 11.1. The Balaban J connectivity index is 1.56. The second kappa shape index (κ2) is 10.1. The molecule has 1 aromatic heterocycles. The standard InChI is InChI=1S/C24H27FN4O4/c1-2-28-23(31)19-5-3-4-6-20(19)29(24(28)32)16-22(30)26-15-21(27-11-13-33-14-12-27)17-7-9-18(25)10-8-17/h3-10,21H,2,11-16H2,1H3,(H,26,30). The van der Waals surface area contributed by atoms with E-state index >= 15 is 0 Å². The molecule has 1 unspecified atom stereocenters. The van der Waals surface area contributed by atoms with Crippen LogP contribution in [0.2, 0.25) is 0 Å². The van der Waals surface area contributed by atoms with Gasteiger partial charge in [-0.1, -0.05) is 24.3 Å². The van der Waals surface area contributed by atoms with Crippen LogP contribution in [0.3, 0.4) is 0 Å². The van der Waals surface area contributed by atoms with Crippen LogP contribution in [0.1, 0.15) is 18.5 Å². The van der Waals surface area contributed by atoms with Crippen molar-refractivity contribution in [1.82, 2.24) is 19.4 Å². The van der Waals surface area contributed by atoms with Gasteiger partial charge < -0.3 is 10.1 Å². The number of morpholine rings is 1. The van der Waals surface area contributed by atoms with Gasteiger partial charge in [0.2, 0.25) is 5.91 Å². The lowest BCUT2D eigenvalue weighted by Crippen LogP contribution is -2.45. The minimum Gasteiger partial charge on any atom is -0.379 e. The van der Waals surface area contributed by atoms with Gasteiger partial charge in [-0.25, -0.2) is 9.18 Å². The van der Waals surface area contributed by atoms with E-state index in [4.69, 9.17) is 4.74 Å². The summed E-state index contributed by atoms with van der Waals surface area (Å²) in [5.74, 6) is -0.662. The molecule has 0 radical (unpaired) electrons. The normalized spacial score (nSPS) is 15.5. The molecule has 8 nitrogen and oxygen atoms in total. The number of ether oxygens (including phenoxy) is 1. The maximum Gasteiger partial charge on any atom is 0.331 e. The predicted molar refractivity (Wildman–Crippen MR) is 123 cm³/mol. The lowest BCUT2D eigenvalue weighted by atomic mass is 10.0. The monoisotopic (exact) mass is 454 g/mol. The molecular weight excluding hydrogens is 427 g/mol. The number of nitrogens with zero attached hydrogens (tertiary/aromatic N) is 3. The molecule has 1 saturated heterocycles. The van der Waals surface area contributed by atoms with Crippen LogP contribution >= 0.6 is 0 Å². The molecule has 2 aromatic carbocycles. The fourth-order valence-electron chi connectivity index (χ4n) is 4.24. The number of hydrogen-bond acceptors (Lipinski definition) is 5. The molecule has 33 heavy (non-hydrogen) atoms. The van der Waals surface area contributed by atoms with Gasteiger partial charge in [0.05, 0.1) is 30.2 Å². The van der Waals surface area contributed by atoms with E-state index in [-0.39, 0.29) is 36.4 Å². The first-order valence-electron chi connectivity index (χ1n) is 11.1. The molecule has 2 heterocycles. The van der Waals surface area contributed by atoms with Crippen LogP contribution in [-0.4, -0.2) is 52.8 Å². The lowest BCUT2D eigenvalue weighted by molar-refractivity contribution is -0.122. The number of amides is 1. The number of rotatable bonds is 7. The maximum atomic E-state index is 13.4. The topological polar surface area (TPSA) is 85.6 Å². The molecule has 3 aromatic rings. The number of fused-ring (bicyclic) bond motifs is 1. The van der Waals surface area contributed by atoms with Crippen molar-refractivity contribution >= 4 is 16.8 Å². The van der Waals surface area contributed by atoms with Crippen molar-refractivity contribution in [3.05, 3.63) is 80.7 Å². The molecule has 0 aliphatic carbocycles. The molecule has 0 bridgehead atoms. The molecule has 0 spiro atoms. The molecule has 174 valence electrons. The summed E-state index contributed by atoms with van der Waals surface area (Å²) in [6.45, 7) is 4.60. The van der Waals surface area contributed by atoms with Crippen LogP contribution in [0, 0.1) is 5.82 Å². The van der Waals surface area contributed by atoms with E-state index in [0.29, 0.717) is 43.8 Å². The average Bonchev–Trinajstić information content (AvgIpc) is 2.84. The largest absolute Gasteiger partial charge is 0.379 e. The number of nitrogens with one attached hydrogen (secondary N) is 1. The van der Waals surface area contributed by atoms with Crippen molar-refractivity contribution in [2.45, 2.75) is 26.1 Å². The zero-order valence-corrected chi connectivity index (χ0v) is 18.5. The van der Waals surface area contributed by atoms with E-state index in [9.17, 15) is 18.8 Å². The Kier molecular flexibility index (Phi) is 7.00. The quantitative estimate of drug-likeness (QED) is 0.585. The second-order valence-electron chi connectivity index (χ2n) is 7.96. The maximum absolute atomic E-state index is 13.4. The lowest BCUT2D eigenvalue weighted by Gasteiger charge is -2.35. The molecule has 0 saturated carbocycles. The number of carbonyl (C=O) groups is 1. The second-order valence-corrected chi connectivity index (χ2v) is 7.96. The molecule has 1 fully saturated rings. The molecule has 9 heteroatoms. The van der Waals surface area contributed by atoms with Crippen LogP contribution in [0.5, 0.6) is 0 Å². The van der Waals surface area contributed by atoms with Gasteiger partial charge in [-0.2, -0.15) is 0 Å². The summed E-state index contributed by atoms with van der Waals surface area (Å²) in [7, 11) is 0. The molecule has 4 rings (SSSR count). The smallest absolute Gasteiger partial charge is 0.331 e. The van der Waals surface area contributed by atoms with Crippen molar-refractivity contribution in [3.8, 4) is 0 Å². The van der Waals surface area contributed by atoms with Crippen LogP contribution in [0.15, 0.2) is 58.1 Å². The Morgan fingerprint density at radius 2 is 1.76 bits per heavy atom. The predicted octanol–water partition coefficient (Wildman–Crippen LogP) is 1.51. The van der Waals surface area contributed by atoms with Crippen LogP contribution in [-0.2, 0) is 22.6 Å². The summed E-state index contributed by atoms with van der Waals surface area (Å²) in [6.07, 6.45) is 0. The Labute approximate surface area is 190 Å². The zero-order chi connectivity index (χ0) is 23.4. The molecule has 1 aliphatic rings. The molecule has 1 atom stereocenters. The van der Waals surface area contributed by atoms with Gasteiger partial charge in [0, 0.05) is 26.2 Å². The summed E-state index contributed by atoms with van der Waals surface area (Å²) in [6, 6.07) is 12.9. The van der Waals surface area contributed by atoms with E-state index < -0.39 is 5.69 Å². The van der Waals surface area contributed by atoms with Gasteiger partial charge in [-0.15, -0.1) is 0 Å². The van der Waals surface area contributed by atoms with Crippen molar-refractivity contribution < 1.29 is 13.9 Å². The first kappa shape index (κ1) is 22.9. The third-order valence-corrected chi connectivity index (χ3v) is 5.98. The fraction of sp³-hybridized carbons (Fsp3) is 0.375. The Morgan fingerprint density at radius 1 is 1.06 bits per heavy atom. The zero-order valence-electron chi connectivity index (χ0n) is 18.5. The first-order chi connectivity index (χ1) is 16.0. The van der Waals surface area contributed by atoms with E-state index in [1.165, 1.54) is 16.7 Å². The average molecular weight is 455 g/mol. The molecule has 1 N–H and O–H groups in total. The van der Waals surface area contributed by atoms with Crippen molar-refractivity contribution in [3.63, 3.8) is 0 Å². The summed E-state index contributed by atoms with van der Waals surface area (Å²) in [4.78, 5) is 40.6. The van der Waals surface area contributed by atoms with E-state index in [2.05, 4.69) is 10.2 Å². The molecule has 1 amide bonds. The fourth-order valence-corrected chi connectivity index (χ4v) is 4.24. The van der Waals surface area contributed by atoms with Gasteiger partial charge in [0.25, 0.3) is 5.56 Å². The number of para-hydroxylation sites is 1. The number of halogens is 1. The number of aromatic nitrogens is 2. The van der Waals surface area contributed by atoms with Crippen LogP contribution in [0.4, 0.5) is 4.39 Å². The highest BCUT2D eigenvalue weighted by molar-refractivity contribution is 5.81. The summed E-state index contributed by atoms with van der Waals surface area (Å²) in [5, 5.41) is 3.32. The van der Waals surface area contributed by atoms with Crippen molar-refractivity contribution in [2.75, 3.05) is 32.8 Å². The van der Waals surface area contributed by atoms with Crippen molar-refractivity contribution in [1.29, 1.82) is 0 Å². The summed E-state index contributed by atoms with van der Waals surface area (Å²) >= 11 is 0. The Bertz CT molecular complexity index is 1250. The van der Waals surface area contributed by atoms with Crippen LogP contribution in [0.25, 0.3) is 10.9 Å².